The van der Waals surface area contributed by atoms with Crippen LogP contribution in [0.2, 0.25) is 5.15 Å². The number of H-pyrrole nitrogens is 1. The minimum absolute atomic E-state index is 0.126. The number of nitrogens with one attached hydrogen (secondary N) is 1. The Bertz CT molecular complexity index is 1080. The van der Waals surface area contributed by atoms with Gasteiger partial charge in [0.15, 0.2) is 0 Å². The lowest BCUT2D eigenvalue weighted by atomic mass is 10.0. The molecule has 0 aliphatic rings. The zero-order valence-electron chi connectivity index (χ0n) is 13.3. The van der Waals surface area contributed by atoms with Gasteiger partial charge in [0.1, 0.15) is 27.8 Å². The van der Waals surface area contributed by atoms with Crippen LogP contribution in [0, 0.1) is 0 Å². The molecule has 126 valence electrons. The lowest BCUT2D eigenvalue weighted by Gasteiger charge is -2.06. The van der Waals surface area contributed by atoms with Crippen LogP contribution < -0.4 is 5.73 Å². The minimum atomic E-state index is 0.126. The molecule has 4 N–H and O–H groups in total. The van der Waals surface area contributed by atoms with Gasteiger partial charge in [0.05, 0.1) is 5.52 Å². The molecular formula is C18H16ClN5O. The third-order valence-electron chi connectivity index (χ3n) is 4.14. The molecule has 0 radical (unpaired) electrons. The number of fused-ring (bicyclic) bond motifs is 3. The first-order valence-corrected chi connectivity index (χ1v) is 8.35. The van der Waals surface area contributed by atoms with E-state index in [0.717, 1.165) is 38.9 Å². The minimum Gasteiger partial charge on any atom is -0.396 e. The van der Waals surface area contributed by atoms with E-state index in [9.17, 15) is 0 Å². The summed E-state index contributed by atoms with van der Waals surface area (Å²) in [6.07, 6.45) is 2.97. The van der Waals surface area contributed by atoms with E-state index in [2.05, 4.69) is 19.9 Å². The van der Waals surface area contributed by atoms with Crippen LogP contribution in [0.1, 0.15) is 12.2 Å². The predicted octanol–water partition coefficient (Wildman–Crippen LogP) is 3.33. The highest BCUT2D eigenvalue weighted by Gasteiger charge is 2.13. The van der Waals surface area contributed by atoms with Gasteiger partial charge in [0.2, 0.25) is 0 Å². The molecule has 0 atom stereocenters. The Kier molecular flexibility index (Phi) is 3.99. The second-order valence-corrected chi connectivity index (χ2v) is 6.16. The third-order valence-corrected chi connectivity index (χ3v) is 4.45. The van der Waals surface area contributed by atoms with Gasteiger partial charge in [-0.15, -0.1) is 0 Å². The van der Waals surface area contributed by atoms with E-state index in [1.807, 2.05) is 30.3 Å². The Hall–Kier alpha value is -2.70. The van der Waals surface area contributed by atoms with Crippen LogP contribution >= 0.6 is 11.6 Å². The van der Waals surface area contributed by atoms with E-state index >= 15 is 0 Å². The van der Waals surface area contributed by atoms with Crippen molar-refractivity contribution in [1.29, 1.82) is 0 Å². The molecule has 0 saturated carbocycles. The van der Waals surface area contributed by atoms with Crippen LogP contribution in [0.5, 0.6) is 0 Å². The lowest BCUT2D eigenvalue weighted by molar-refractivity contribution is 0.287. The number of aromatic amines is 1. The quantitative estimate of drug-likeness (QED) is 0.488. The molecule has 25 heavy (non-hydrogen) atoms. The number of benzene rings is 1. The number of imidazole rings is 1. The van der Waals surface area contributed by atoms with Crippen molar-refractivity contribution < 1.29 is 5.11 Å². The maximum atomic E-state index is 9.00. The number of rotatable bonds is 4. The third kappa shape index (κ3) is 2.79. The zero-order valence-corrected chi connectivity index (χ0v) is 14.1. The number of nitrogen functional groups attached to an aromatic ring is 1. The van der Waals surface area contributed by atoms with Crippen molar-refractivity contribution in [3.63, 3.8) is 0 Å². The number of hydrogen-bond donors (Lipinski definition) is 3. The predicted molar refractivity (Wildman–Crippen MR) is 99.5 cm³/mol. The van der Waals surface area contributed by atoms with E-state index < -0.39 is 0 Å². The van der Waals surface area contributed by atoms with Gasteiger partial charge in [-0.2, -0.15) is 0 Å². The molecule has 0 saturated heterocycles. The summed E-state index contributed by atoms with van der Waals surface area (Å²) < 4.78 is 0. The molecule has 0 spiro atoms. The van der Waals surface area contributed by atoms with Crippen LogP contribution in [-0.2, 0) is 6.42 Å². The highest BCUT2D eigenvalue weighted by Crippen LogP contribution is 2.32. The smallest absolute Gasteiger partial charge is 0.150 e. The monoisotopic (exact) mass is 353 g/mol. The molecule has 3 heterocycles. The van der Waals surface area contributed by atoms with Crippen LogP contribution in [0.4, 0.5) is 5.82 Å². The van der Waals surface area contributed by atoms with Gasteiger partial charge in [-0.05, 0) is 36.2 Å². The number of nitrogens with zero attached hydrogens (tertiary/aromatic N) is 3. The second-order valence-electron chi connectivity index (χ2n) is 5.81. The number of anilines is 1. The number of aliphatic hydroxyl groups excluding tert-OH is 1. The SMILES string of the molecule is Nc1nc2cc(-c3cccnc3Cl)ccc2c2nc(CCCO)[nH]c12. The van der Waals surface area contributed by atoms with Gasteiger partial charge in [-0.1, -0.05) is 17.7 Å². The summed E-state index contributed by atoms with van der Waals surface area (Å²) in [6.45, 7) is 0.126. The van der Waals surface area contributed by atoms with Gasteiger partial charge in [0.25, 0.3) is 0 Å². The number of aryl methyl sites for hydroxylation is 1. The Balaban J connectivity index is 1.89. The Morgan fingerprint density at radius 3 is 2.88 bits per heavy atom. The average Bonchev–Trinajstić information content (AvgIpc) is 3.05. The molecule has 0 unspecified atom stereocenters. The Morgan fingerprint density at radius 2 is 2.08 bits per heavy atom. The zero-order chi connectivity index (χ0) is 17.4. The number of aromatic nitrogens is 4. The summed E-state index contributed by atoms with van der Waals surface area (Å²) in [7, 11) is 0. The first-order valence-electron chi connectivity index (χ1n) is 7.97. The first kappa shape index (κ1) is 15.8. The van der Waals surface area contributed by atoms with Crippen LogP contribution in [-0.4, -0.2) is 31.6 Å². The fraction of sp³-hybridized carbons (Fsp3) is 0.167. The maximum Gasteiger partial charge on any atom is 0.150 e. The number of hydrogen-bond acceptors (Lipinski definition) is 5. The number of halogens is 1. The van der Waals surface area contributed by atoms with Crippen molar-refractivity contribution >= 4 is 39.4 Å². The number of aliphatic hydroxyl groups is 1. The van der Waals surface area contributed by atoms with Crippen LogP contribution in [0.25, 0.3) is 33.1 Å². The molecule has 0 fully saturated rings. The van der Waals surface area contributed by atoms with Crippen molar-refractivity contribution in [2.45, 2.75) is 12.8 Å². The molecule has 3 aromatic heterocycles. The molecular weight excluding hydrogens is 338 g/mol. The molecule has 0 aliphatic heterocycles. The van der Waals surface area contributed by atoms with Gasteiger partial charge >= 0.3 is 0 Å². The average molecular weight is 354 g/mol. The van der Waals surface area contributed by atoms with Crippen molar-refractivity contribution in [2.24, 2.45) is 0 Å². The molecule has 6 nitrogen and oxygen atoms in total. The van der Waals surface area contributed by atoms with Crippen LogP contribution in [0.3, 0.4) is 0 Å². The van der Waals surface area contributed by atoms with Crippen molar-refractivity contribution in [3.05, 3.63) is 47.5 Å². The Morgan fingerprint density at radius 1 is 1.20 bits per heavy atom. The van der Waals surface area contributed by atoms with Gasteiger partial charge in [-0.3, -0.25) is 0 Å². The Labute approximate surface area is 148 Å². The maximum absolute atomic E-state index is 9.00. The van der Waals surface area contributed by atoms with Gasteiger partial charge in [-0.25, -0.2) is 15.0 Å². The number of pyridine rings is 2. The summed E-state index contributed by atoms with van der Waals surface area (Å²) in [5, 5.41) is 10.4. The topological polar surface area (TPSA) is 101 Å². The highest BCUT2D eigenvalue weighted by atomic mass is 35.5. The fourth-order valence-corrected chi connectivity index (χ4v) is 3.17. The standard InChI is InChI=1S/C18H16ClN5O/c19-17-11(3-1-7-21-17)10-5-6-12-13(9-10)22-18(20)16-15(12)23-14(24-16)4-2-8-25/h1,3,5-7,9,25H,2,4,8H2,(H2,20,22)(H,23,24). The van der Waals surface area contributed by atoms with Crippen molar-refractivity contribution in [3.8, 4) is 11.1 Å². The molecule has 0 amide bonds. The van der Waals surface area contributed by atoms with E-state index in [1.54, 1.807) is 6.20 Å². The molecule has 0 aliphatic carbocycles. The van der Waals surface area contributed by atoms with Crippen molar-refractivity contribution in [2.75, 3.05) is 12.3 Å². The van der Waals surface area contributed by atoms with Gasteiger partial charge in [0, 0.05) is 30.2 Å². The molecule has 1 aromatic carbocycles. The summed E-state index contributed by atoms with van der Waals surface area (Å²) in [5.74, 6) is 1.20. The van der Waals surface area contributed by atoms with E-state index in [4.69, 9.17) is 22.4 Å². The summed E-state index contributed by atoms with van der Waals surface area (Å²) >= 11 is 6.19. The first-order chi connectivity index (χ1) is 12.2. The fourth-order valence-electron chi connectivity index (χ4n) is 2.95. The highest BCUT2D eigenvalue weighted by molar-refractivity contribution is 6.32. The van der Waals surface area contributed by atoms with Gasteiger partial charge < -0.3 is 15.8 Å². The van der Waals surface area contributed by atoms with E-state index in [0.29, 0.717) is 23.8 Å². The van der Waals surface area contributed by atoms with E-state index in [-0.39, 0.29) is 6.61 Å². The molecule has 4 rings (SSSR count). The van der Waals surface area contributed by atoms with Crippen LogP contribution in [0.15, 0.2) is 36.5 Å². The second kappa shape index (κ2) is 6.31. The molecule has 4 aromatic rings. The lowest BCUT2D eigenvalue weighted by Crippen LogP contribution is -1.94. The summed E-state index contributed by atoms with van der Waals surface area (Å²) in [6, 6.07) is 9.65. The number of nitrogens with two attached hydrogens (primary N) is 1. The summed E-state index contributed by atoms with van der Waals surface area (Å²) in [4.78, 5) is 16.5. The van der Waals surface area contributed by atoms with Crippen molar-refractivity contribution in [1.82, 2.24) is 19.9 Å². The molecule has 7 heteroatoms. The summed E-state index contributed by atoms with van der Waals surface area (Å²) in [5.41, 5.74) is 10.2. The molecule has 0 bridgehead atoms. The largest absolute Gasteiger partial charge is 0.396 e. The van der Waals surface area contributed by atoms with E-state index in [1.165, 1.54) is 0 Å². The normalized spacial score (nSPS) is 11.4.